The van der Waals surface area contributed by atoms with Gasteiger partial charge in [0.2, 0.25) is 5.76 Å². The summed E-state index contributed by atoms with van der Waals surface area (Å²) >= 11 is 0. The van der Waals surface area contributed by atoms with E-state index in [1.165, 1.54) is 66.7 Å². The summed E-state index contributed by atoms with van der Waals surface area (Å²) in [6.07, 6.45) is 0.584. The summed E-state index contributed by atoms with van der Waals surface area (Å²) in [6, 6.07) is 63.9. The lowest BCUT2D eigenvalue weighted by Crippen LogP contribution is -2.59. The van der Waals surface area contributed by atoms with Crippen molar-refractivity contribution in [2.75, 3.05) is 0 Å². The number of fused-ring (bicyclic) bond motifs is 1. The van der Waals surface area contributed by atoms with Gasteiger partial charge in [0.25, 0.3) is 0 Å². The van der Waals surface area contributed by atoms with E-state index in [9.17, 15) is 0 Å². The average molecular weight is 577 g/mol. The lowest BCUT2D eigenvalue weighted by atomic mass is 9.27. The Hall–Kier alpha value is -5.60. The maximum Gasteiger partial charge on any atom is 0.420 e. The zero-order chi connectivity index (χ0) is 30.2. The second kappa shape index (κ2) is 11.2. The number of hydrogen-bond acceptors (Lipinski definition) is 0. The van der Waals surface area contributed by atoms with Gasteiger partial charge in [-0.2, -0.15) is 0 Å². The fraction of sp³-hybridized carbons (Fsp3) is 0.0233. The highest BCUT2D eigenvalue weighted by Crippen LogP contribution is 2.47. The molecule has 8 rings (SSSR count). The molecule has 0 fully saturated rings. The molecule has 1 aromatic heterocycles. The van der Waals surface area contributed by atoms with Crippen molar-refractivity contribution in [3.8, 4) is 33.4 Å². The SMILES string of the molecule is CC1=C(c2ccc(-c3ccccc3)cc2)[B-](c2ccc(-c3ccccc3)cc2)(c2ccc(-c3ccccc3)cc2)[o+]2cccc21. The van der Waals surface area contributed by atoms with Gasteiger partial charge in [-0.05, 0) is 40.3 Å². The number of rotatable bonds is 6. The molecule has 0 amide bonds. The minimum Gasteiger partial charge on any atom is -0.777 e. The topological polar surface area (TPSA) is 2.70 Å². The molecule has 1 nitrogen and oxygen atoms in total. The Kier molecular flexibility index (Phi) is 6.69. The van der Waals surface area contributed by atoms with Crippen LogP contribution in [-0.4, -0.2) is 6.35 Å². The van der Waals surface area contributed by atoms with Gasteiger partial charge in [-0.3, -0.25) is 0 Å². The van der Waals surface area contributed by atoms with E-state index in [4.69, 9.17) is 0 Å². The molecule has 214 valence electrons. The third kappa shape index (κ3) is 4.50. The summed E-state index contributed by atoms with van der Waals surface area (Å²) in [4.78, 5) is 0. The van der Waals surface area contributed by atoms with E-state index in [0.717, 1.165) is 0 Å². The van der Waals surface area contributed by atoms with Crippen LogP contribution < -0.4 is 10.9 Å². The summed E-state index contributed by atoms with van der Waals surface area (Å²) in [6.45, 7) is 2.28. The monoisotopic (exact) mass is 576 g/mol. The Balaban J connectivity index is 1.34. The lowest BCUT2D eigenvalue weighted by molar-refractivity contribution is 0.375. The molecule has 1 aliphatic rings. The highest BCUT2D eigenvalue weighted by atomic mass is 16.5. The molecular weight excluding hydrogens is 543 g/mol. The Labute approximate surface area is 265 Å². The molecule has 1 aliphatic heterocycles. The molecule has 0 aliphatic carbocycles. The predicted molar refractivity (Wildman–Crippen MR) is 192 cm³/mol. The highest BCUT2D eigenvalue weighted by molar-refractivity contribution is 7.12. The fourth-order valence-corrected chi connectivity index (χ4v) is 7.44. The predicted octanol–water partition coefficient (Wildman–Crippen LogP) is 10.1. The van der Waals surface area contributed by atoms with Crippen molar-refractivity contribution in [3.05, 3.63) is 194 Å². The average Bonchev–Trinajstić information content (AvgIpc) is 3.71. The van der Waals surface area contributed by atoms with Crippen molar-refractivity contribution in [1.82, 2.24) is 0 Å². The Morgan fingerprint density at radius 2 is 0.711 bits per heavy atom. The molecule has 0 atom stereocenters. The van der Waals surface area contributed by atoms with E-state index in [-0.39, 0.29) is 0 Å². The van der Waals surface area contributed by atoms with Gasteiger partial charge in [-0.25, -0.2) is 0 Å². The van der Waals surface area contributed by atoms with E-state index in [1.54, 1.807) is 0 Å². The zero-order valence-electron chi connectivity index (χ0n) is 25.3. The minimum atomic E-state index is -1.61. The van der Waals surface area contributed by atoms with Crippen molar-refractivity contribution in [2.24, 2.45) is 0 Å². The van der Waals surface area contributed by atoms with Gasteiger partial charge in [-0.1, -0.05) is 175 Å². The van der Waals surface area contributed by atoms with Crippen LogP contribution in [0.25, 0.3) is 44.4 Å². The van der Waals surface area contributed by atoms with Gasteiger partial charge in [-0.15, -0.1) is 10.9 Å². The molecular formula is C43H33BO. The molecule has 0 unspecified atom stereocenters. The smallest absolute Gasteiger partial charge is 0.420 e. The van der Waals surface area contributed by atoms with Crippen LogP contribution >= 0.6 is 0 Å². The Morgan fingerprint density at radius 1 is 0.356 bits per heavy atom. The maximum atomic E-state index is 3.68. The van der Waals surface area contributed by atoms with E-state index in [1.807, 2.05) is 0 Å². The third-order valence-corrected chi connectivity index (χ3v) is 9.57. The van der Waals surface area contributed by atoms with Crippen LogP contribution in [0.15, 0.2) is 186 Å². The van der Waals surface area contributed by atoms with Crippen molar-refractivity contribution < 1.29 is 3.96 Å². The first-order valence-corrected chi connectivity index (χ1v) is 15.7. The zero-order valence-corrected chi connectivity index (χ0v) is 25.3. The summed E-state index contributed by atoms with van der Waals surface area (Å²) in [5.41, 5.74) is 13.7. The molecule has 0 spiro atoms. The van der Waals surface area contributed by atoms with E-state index in [0.29, 0.717) is 0 Å². The standard InChI is InChI=1S/C43H33BO/c1-32-42-18-11-31-45(42)44(40-27-23-37(24-28-40)34-14-7-3-8-15-34,41-29-25-38(26-30-41)35-16-9-4-10-17-35)43(32)39-21-19-36(20-22-39)33-12-5-2-6-13-33/h2-31H,1H3. The molecule has 7 aromatic rings. The third-order valence-electron chi connectivity index (χ3n) is 9.57. The van der Waals surface area contributed by atoms with Crippen molar-refractivity contribution in [2.45, 2.75) is 6.92 Å². The first-order valence-electron chi connectivity index (χ1n) is 15.7. The van der Waals surface area contributed by atoms with Gasteiger partial charge in [0, 0.05) is 17.7 Å². The molecule has 2 heteroatoms. The first-order chi connectivity index (χ1) is 22.2. The number of hydrogen-bond donors (Lipinski definition) is 0. The van der Waals surface area contributed by atoms with Crippen LogP contribution in [0.2, 0.25) is 0 Å². The summed E-state index contributed by atoms with van der Waals surface area (Å²) in [7, 11) is 0. The minimum absolute atomic E-state index is 1.19. The molecule has 2 heterocycles. The molecule has 0 saturated heterocycles. The largest absolute Gasteiger partial charge is 0.777 e. The Bertz CT molecular complexity index is 2020. The van der Waals surface area contributed by atoms with Crippen LogP contribution in [0, 0.1) is 0 Å². The van der Waals surface area contributed by atoms with Crippen molar-refractivity contribution in [3.63, 3.8) is 0 Å². The highest BCUT2D eigenvalue weighted by Gasteiger charge is 2.51. The Morgan fingerprint density at radius 3 is 1.13 bits per heavy atom. The van der Waals surface area contributed by atoms with Gasteiger partial charge in [0.15, 0.2) is 6.26 Å². The lowest BCUT2D eigenvalue weighted by Gasteiger charge is -2.39. The normalized spacial score (nSPS) is 13.5. The van der Waals surface area contributed by atoms with Crippen LogP contribution in [0.5, 0.6) is 0 Å². The van der Waals surface area contributed by atoms with Gasteiger partial charge in [0.1, 0.15) is 0 Å². The van der Waals surface area contributed by atoms with Gasteiger partial charge >= 0.3 is 6.35 Å². The molecule has 0 bridgehead atoms. The summed E-state index contributed by atoms with van der Waals surface area (Å²) < 4.78 is 3.68. The molecule has 0 saturated carbocycles. The van der Waals surface area contributed by atoms with Crippen molar-refractivity contribution >= 4 is 28.3 Å². The molecule has 45 heavy (non-hydrogen) atoms. The van der Waals surface area contributed by atoms with Crippen molar-refractivity contribution in [1.29, 1.82) is 0 Å². The number of furan rings is 1. The van der Waals surface area contributed by atoms with Gasteiger partial charge in [0.05, 0.1) is 0 Å². The van der Waals surface area contributed by atoms with E-state index in [2.05, 4.69) is 193 Å². The second-order valence-corrected chi connectivity index (χ2v) is 12.0. The quantitative estimate of drug-likeness (QED) is 0.137. The molecule has 6 aromatic carbocycles. The fourth-order valence-electron chi connectivity index (χ4n) is 7.44. The second-order valence-electron chi connectivity index (χ2n) is 12.0. The number of allylic oxidation sites excluding steroid dienone is 1. The first kappa shape index (κ1) is 27.0. The van der Waals surface area contributed by atoms with Gasteiger partial charge < -0.3 is 3.96 Å². The van der Waals surface area contributed by atoms with E-state index < -0.39 is 6.35 Å². The van der Waals surface area contributed by atoms with Crippen LogP contribution in [0.4, 0.5) is 0 Å². The van der Waals surface area contributed by atoms with Crippen LogP contribution in [0.1, 0.15) is 18.2 Å². The summed E-state index contributed by atoms with van der Waals surface area (Å²) in [5, 5.41) is 0. The number of benzene rings is 6. The molecule has 0 N–H and O–H groups in total. The summed E-state index contributed by atoms with van der Waals surface area (Å²) in [5.74, 6) is 1.19. The maximum absolute atomic E-state index is 3.68. The van der Waals surface area contributed by atoms with E-state index >= 15 is 0 Å². The van der Waals surface area contributed by atoms with Crippen LogP contribution in [-0.2, 0) is 0 Å². The van der Waals surface area contributed by atoms with Crippen LogP contribution in [0.3, 0.4) is 0 Å². The molecule has 0 radical (unpaired) electrons.